The zero-order valence-electron chi connectivity index (χ0n) is 16.6. The van der Waals surface area contributed by atoms with E-state index in [0.29, 0.717) is 51.1 Å². The smallest absolute Gasteiger partial charge is 0.361 e. The average Bonchev–Trinajstić information content (AvgIpc) is 3.15. The molecule has 0 atom stereocenters. The van der Waals surface area contributed by atoms with Crippen LogP contribution in [0.5, 0.6) is 0 Å². The largest absolute Gasteiger partial charge is 0.416 e. The highest BCUT2D eigenvalue weighted by Crippen LogP contribution is 2.29. The van der Waals surface area contributed by atoms with Gasteiger partial charge in [-0.05, 0) is 29.7 Å². The van der Waals surface area contributed by atoms with Gasteiger partial charge in [-0.15, -0.1) is 0 Å². The van der Waals surface area contributed by atoms with Crippen LogP contribution in [0.25, 0.3) is 10.9 Å². The Kier molecular flexibility index (Phi) is 5.81. The van der Waals surface area contributed by atoms with Crippen molar-refractivity contribution in [3.63, 3.8) is 0 Å². The van der Waals surface area contributed by atoms with Crippen LogP contribution in [0.2, 0.25) is 0 Å². The van der Waals surface area contributed by atoms with Gasteiger partial charge in [-0.3, -0.25) is 9.69 Å². The van der Waals surface area contributed by atoms with Crippen LogP contribution in [0.15, 0.2) is 54.7 Å². The quantitative estimate of drug-likeness (QED) is 0.668. The van der Waals surface area contributed by atoms with Gasteiger partial charge in [0.1, 0.15) is 0 Å². The second-order valence-electron chi connectivity index (χ2n) is 7.71. The third-order valence-electron chi connectivity index (χ3n) is 5.67. The fourth-order valence-electron chi connectivity index (χ4n) is 4.00. The van der Waals surface area contributed by atoms with E-state index in [1.165, 1.54) is 12.1 Å². The summed E-state index contributed by atoms with van der Waals surface area (Å²) in [5.41, 5.74) is 2.24. The lowest BCUT2D eigenvalue weighted by molar-refractivity contribution is -0.137. The van der Waals surface area contributed by atoms with E-state index in [1.807, 2.05) is 29.3 Å². The zero-order valence-corrected chi connectivity index (χ0v) is 16.6. The highest BCUT2D eigenvalue weighted by atomic mass is 19.4. The first-order valence-electron chi connectivity index (χ1n) is 10.1. The number of fused-ring (bicyclic) bond motifs is 1. The Bertz CT molecular complexity index is 1020. The van der Waals surface area contributed by atoms with Crippen molar-refractivity contribution in [1.29, 1.82) is 0 Å². The molecule has 0 bridgehead atoms. The topological polar surface area (TPSA) is 39.3 Å². The normalized spacial score (nSPS) is 15.6. The molecule has 0 spiro atoms. The van der Waals surface area contributed by atoms with E-state index in [9.17, 15) is 18.0 Å². The lowest BCUT2D eigenvalue weighted by Crippen LogP contribution is -2.48. The van der Waals surface area contributed by atoms with Crippen molar-refractivity contribution in [3.05, 3.63) is 71.4 Å². The number of aromatic amines is 1. The van der Waals surface area contributed by atoms with Gasteiger partial charge in [-0.1, -0.05) is 36.4 Å². The van der Waals surface area contributed by atoms with Crippen LogP contribution in [0.3, 0.4) is 0 Å². The third kappa shape index (κ3) is 4.67. The molecule has 1 saturated heterocycles. The molecular weight excluding hydrogens is 391 g/mol. The van der Waals surface area contributed by atoms with E-state index in [2.05, 4.69) is 16.0 Å². The molecule has 30 heavy (non-hydrogen) atoms. The number of nitrogens with zero attached hydrogens (tertiary/aromatic N) is 2. The van der Waals surface area contributed by atoms with Crippen LogP contribution in [0, 0.1) is 0 Å². The lowest BCUT2D eigenvalue weighted by atomic mass is 10.1. The molecule has 0 unspecified atom stereocenters. The average molecular weight is 415 g/mol. The minimum Gasteiger partial charge on any atom is -0.361 e. The molecule has 3 aromatic rings. The minimum atomic E-state index is -4.33. The van der Waals surface area contributed by atoms with Gasteiger partial charge in [0.05, 0.1) is 5.56 Å². The number of nitrogens with one attached hydrogen (secondary N) is 1. The maximum absolute atomic E-state index is 12.9. The first-order valence-corrected chi connectivity index (χ1v) is 10.1. The van der Waals surface area contributed by atoms with E-state index in [-0.39, 0.29) is 5.91 Å². The Balaban J connectivity index is 1.27. The number of hydrogen-bond acceptors (Lipinski definition) is 2. The zero-order chi connectivity index (χ0) is 21.1. The number of carbonyl (C=O) groups is 1. The second-order valence-corrected chi connectivity index (χ2v) is 7.71. The number of carbonyl (C=O) groups excluding carboxylic acids is 1. The van der Waals surface area contributed by atoms with Crippen LogP contribution in [0.4, 0.5) is 13.2 Å². The summed E-state index contributed by atoms with van der Waals surface area (Å²) in [5, 5.41) is 1.15. The molecule has 1 amide bonds. The van der Waals surface area contributed by atoms with E-state index in [4.69, 9.17) is 0 Å². The molecule has 0 aliphatic carbocycles. The summed E-state index contributed by atoms with van der Waals surface area (Å²) >= 11 is 0. The molecule has 2 aromatic carbocycles. The van der Waals surface area contributed by atoms with E-state index >= 15 is 0 Å². The van der Waals surface area contributed by atoms with Crippen LogP contribution < -0.4 is 0 Å². The van der Waals surface area contributed by atoms with Crippen LogP contribution >= 0.6 is 0 Å². The predicted octanol–water partition coefficient (Wildman–Crippen LogP) is 4.46. The molecule has 1 N–H and O–H groups in total. The third-order valence-corrected chi connectivity index (χ3v) is 5.67. The van der Waals surface area contributed by atoms with Crippen molar-refractivity contribution in [2.45, 2.75) is 25.6 Å². The molecule has 1 aliphatic heterocycles. The van der Waals surface area contributed by atoms with Gasteiger partial charge in [-0.2, -0.15) is 13.2 Å². The Hall–Kier alpha value is -2.80. The summed E-state index contributed by atoms with van der Waals surface area (Å²) in [6.07, 6.45) is -1.22. The summed E-state index contributed by atoms with van der Waals surface area (Å²) in [4.78, 5) is 19.8. The van der Waals surface area contributed by atoms with E-state index in [0.717, 1.165) is 22.5 Å². The van der Waals surface area contributed by atoms with Gasteiger partial charge < -0.3 is 9.88 Å². The number of benzene rings is 2. The molecule has 0 radical (unpaired) electrons. The van der Waals surface area contributed by atoms with Crippen molar-refractivity contribution >= 4 is 16.8 Å². The van der Waals surface area contributed by atoms with Crippen molar-refractivity contribution in [1.82, 2.24) is 14.8 Å². The fourth-order valence-corrected chi connectivity index (χ4v) is 4.00. The van der Waals surface area contributed by atoms with Crippen LogP contribution in [-0.4, -0.2) is 46.9 Å². The highest BCUT2D eigenvalue weighted by Gasteiger charge is 2.30. The van der Waals surface area contributed by atoms with Gasteiger partial charge in [0, 0.05) is 56.2 Å². The number of hydrogen-bond donors (Lipinski definition) is 1. The molecule has 7 heteroatoms. The Labute approximate surface area is 173 Å². The second kappa shape index (κ2) is 8.52. The number of aryl methyl sites for hydroxylation is 1. The van der Waals surface area contributed by atoms with Gasteiger partial charge >= 0.3 is 6.18 Å². The van der Waals surface area contributed by atoms with Crippen molar-refractivity contribution in [2.75, 3.05) is 26.2 Å². The Morgan fingerprint density at radius 1 is 1.00 bits per heavy atom. The molecule has 4 rings (SSSR count). The first-order chi connectivity index (χ1) is 14.4. The number of rotatable bonds is 5. The van der Waals surface area contributed by atoms with Gasteiger partial charge in [-0.25, -0.2) is 0 Å². The summed E-state index contributed by atoms with van der Waals surface area (Å²) < 4.78 is 38.7. The van der Waals surface area contributed by atoms with Crippen molar-refractivity contribution in [3.8, 4) is 0 Å². The molecule has 1 aromatic heterocycles. The molecular formula is C23H24F3N3O. The minimum absolute atomic E-state index is 0.124. The lowest BCUT2D eigenvalue weighted by Gasteiger charge is -2.35. The number of amides is 1. The number of aromatic nitrogens is 1. The maximum Gasteiger partial charge on any atom is 0.416 e. The fraction of sp³-hybridized carbons (Fsp3) is 0.348. The molecule has 1 fully saturated rings. The maximum atomic E-state index is 12.9. The van der Waals surface area contributed by atoms with Crippen LogP contribution in [-0.2, 0) is 23.9 Å². The predicted molar refractivity (Wildman–Crippen MR) is 110 cm³/mol. The van der Waals surface area contributed by atoms with Gasteiger partial charge in [0.25, 0.3) is 0 Å². The van der Waals surface area contributed by atoms with E-state index < -0.39 is 11.7 Å². The summed E-state index contributed by atoms with van der Waals surface area (Å²) in [7, 11) is 0. The molecule has 0 saturated carbocycles. The Morgan fingerprint density at radius 2 is 1.77 bits per heavy atom. The number of piperazine rings is 1. The highest BCUT2D eigenvalue weighted by molar-refractivity contribution is 5.84. The van der Waals surface area contributed by atoms with Crippen LogP contribution in [0.1, 0.15) is 23.1 Å². The number of alkyl halides is 3. The monoisotopic (exact) mass is 415 g/mol. The van der Waals surface area contributed by atoms with Crippen molar-refractivity contribution in [2.24, 2.45) is 0 Å². The summed E-state index contributed by atoms with van der Waals surface area (Å²) in [5.74, 6) is 0.124. The first kappa shape index (κ1) is 20.5. The van der Waals surface area contributed by atoms with Crippen molar-refractivity contribution < 1.29 is 18.0 Å². The van der Waals surface area contributed by atoms with E-state index in [1.54, 1.807) is 6.07 Å². The molecule has 2 heterocycles. The number of H-pyrrole nitrogens is 1. The summed E-state index contributed by atoms with van der Waals surface area (Å²) in [6.45, 7) is 2.99. The molecule has 158 valence electrons. The van der Waals surface area contributed by atoms with Gasteiger partial charge in [0.15, 0.2) is 0 Å². The Morgan fingerprint density at radius 3 is 2.53 bits per heavy atom. The van der Waals surface area contributed by atoms with Gasteiger partial charge in [0.2, 0.25) is 5.91 Å². The molecule has 1 aliphatic rings. The number of halogens is 3. The summed E-state index contributed by atoms with van der Waals surface area (Å²) in [6, 6.07) is 13.5. The molecule has 4 nitrogen and oxygen atoms in total. The SMILES string of the molecule is O=C(CCc1c[nH]c2ccccc12)N1CCN(Cc2cccc(C(F)(F)F)c2)CC1. The standard InChI is InChI=1S/C23H24F3N3O/c24-23(25,26)19-5-3-4-17(14-19)16-28-10-12-29(13-11-28)22(30)9-8-18-15-27-21-7-2-1-6-20(18)21/h1-7,14-15,27H,8-13,16H2. The number of para-hydroxylation sites is 1.